The van der Waals surface area contributed by atoms with E-state index >= 15 is 0 Å². The van der Waals surface area contributed by atoms with Crippen molar-refractivity contribution < 1.29 is 9.47 Å². The zero-order valence-electron chi connectivity index (χ0n) is 9.84. The van der Waals surface area contributed by atoms with Crippen LogP contribution in [0.1, 0.15) is 39.5 Å². The molecule has 1 saturated carbocycles. The summed E-state index contributed by atoms with van der Waals surface area (Å²) in [6.45, 7) is 5.82. The van der Waals surface area contributed by atoms with Gasteiger partial charge in [0.05, 0.1) is 11.7 Å². The van der Waals surface area contributed by atoms with Crippen molar-refractivity contribution in [2.24, 2.45) is 0 Å². The van der Waals surface area contributed by atoms with Crippen LogP contribution in [0.4, 0.5) is 0 Å². The molecule has 0 bridgehead atoms. The molecule has 14 heavy (non-hydrogen) atoms. The summed E-state index contributed by atoms with van der Waals surface area (Å²) in [5.41, 5.74) is 0.0786. The smallest absolute Gasteiger partial charge is 0.0911 e. The fourth-order valence-corrected chi connectivity index (χ4v) is 3.59. The topological polar surface area (TPSA) is 18.5 Å². The molecule has 1 rings (SSSR count). The molecule has 0 aromatic rings. The minimum atomic E-state index is 0.0786. The zero-order valence-corrected chi connectivity index (χ0v) is 11.8. The largest absolute Gasteiger partial charge is 0.376 e. The summed E-state index contributed by atoms with van der Waals surface area (Å²) in [4.78, 5) is 0. The molecule has 0 aromatic carbocycles. The average Bonchev–Trinajstić information content (AvgIpc) is 2.22. The molecule has 0 spiro atoms. The van der Waals surface area contributed by atoms with Gasteiger partial charge in [0.1, 0.15) is 0 Å². The first-order chi connectivity index (χ1) is 6.79. The second kappa shape index (κ2) is 5.88. The number of ether oxygens (including phenoxy) is 2. The van der Waals surface area contributed by atoms with E-state index in [-0.39, 0.29) is 5.60 Å². The Labute approximate surface area is 90.8 Å². The van der Waals surface area contributed by atoms with E-state index in [2.05, 4.69) is 13.8 Å². The van der Waals surface area contributed by atoms with E-state index in [4.69, 9.17) is 9.47 Å². The van der Waals surface area contributed by atoms with Crippen molar-refractivity contribution in [2.75, 3.05) is 13.2 Å². The highest BCUT2D eigenvalue weighted by Gasteiger charge is 2.40. The number of rotatable bonds is 5. The van der Waals surface area contributed by atoms with Crippen LogP contribution < -0.4 is 0 Å². The van der Waals surface area contributed by atoms with Crippen molar-refractivity contribution in [3.8, 4) is 0 Å². The van der Waals surface area contributed by atoms with Crippen LogP contribution in [0.3, 0.4) is 0 Å². The SMILES string of the molecule is CCOC1CCCCC1(C[SiH3])OCC. The Morgan fingerprint density at radius 1 is 1.29 bits per heavy atom. The molecular formula is C11H24O2Si. The van der Waals surface area contributed by atoms with Crippen LogP contribution in [0.5, 0.6) is 0 Å². The Kier molecular flexibility index (Phi) is 5.13. The predicted molar refractivity (Wildman–Crippen MR) is 63.0 cm³/mol. The fourth-order valence-electron chi connectivity index (χ4n) is 2.57. The highest BCUT2D eigenvalue weighted by atomic mass is 28.1. The van der Waals surface area contributed by atoms with Crippen LogP contribution in [0, 0.1) is 0 Å². The summed E-state index contributed by atoms with van der Waals surface area (Å²) in [5.74, 6) is 0. The van der Waals surface area contributed by atoms with Crippen molar-refractivity contribution in [1.82, 2.24) is 0 Å². The third-order valence-electron chi connectivity index (χ3n) is 3.30. The van der Waals surface area contributed by atoms with Gasteiger partial charge in [0, 0.05) is 23.5 Å². The van der Waals surface area contributed by atoms with Crippen LogP contribution in [0.15, 0.2) is 0 Å². The molecule has 2 unspecified atom stereocenters. The van der Waals surface area contributed by atoms with Gasteiger partial charge >= 0.3 is 0 Å². The van der Waals surface area contributed by atoms with Crippen LogP contribution in [-0.4, -0.2) is 35.2 Å². The molecule has 3 heteroatoms. The summed E-state index contributed by atoms with van der Waals surface area (Å²) in [7, 11) is 1.21. The Balaban J connectivity index is 2.65. The zero-order chi connectivity index (χ0) is 10.4. The Hall–Kier alpha value is 0.137. The van der Waals surface area contributed by atoms with Crippen molar-refractivity contribution in [3.63, 3.8) is 0 Å². The maximum Gasteiger partial charge on any atom is 0.0911 e. The highest BCUT2D eigenvalue weighted by Crippen LogP contribution is 2.36. The molecule has 1 aliphatic rings. The summed E-state index contributed by atoms with van der Waals surface area (Å²) >= 11 is 0. The Morgan fingerprint density at radius 2 is 2.07 bits per heavy atom. The van der Waals surface area contributed by atoms with E-state index in [9.17, 15) is 0 Å². The molecule has 2 atom stereocenters. The van der Waals surface area contributed by atoms with E-state index in [0.29, 0.717) is 6.10 Å². The quantitative estimate of drug-likeness (QED) is 0.649. The summed E-state index contributed by atoms with van der Waals surface area (Å²) in [5, 5.41) is 0. The first kappa shape index (κ1) is 12.2. The first-order valence-corrected chi connectivity index (χ1v) is 7.46. The van der Waals surface area contributed by atoms with Crippen LogP contribution in [0.2, 0.25) is 6.04 Å². The molecule has 0 radical (unpaired) electrons. The van der Waals surface area contributed by atoms with E-state index in [1.165, 1.54) is 42.0 Å². The van der Waals surface area contributed by atoms with Gasteiger partial charge in [-0.15, -0.1) is 0 Å². The summed E-state index contributed by atoms with van der Waals surface area (Å²) < 4.78 is 11.8. The Bertz CT molecular complexity index is 157. The monoisotopic (exact) mass is 216 g/mol. The number of hydrogen-bond acceptors (Lipinski definition) is 2. The normalized spacial score (nSPS) is 33.4. The van der Waals surface area contributed by atoms with Gasteiger partial charge in [0.25, 0.3) is 0 Å². The number of hydrogen-bond donors (Lipinski definition) is 0. The minimum Gasteiger partial charge on any atom is -0.376 e. The predicted octanol–water partition coefficient (Wildman–Crippen LogP) is 1.52. The van der Waals surface area contributed by atoms with Gasteiger partial charge in [-0.3, -0.25) is 0 Å². The van der Waals surface area contributed by atoms with Crippen molar-refractivity contribution in [1.29, 1.82) is 0 Å². The van der Waals surface area contributed by atoms with Gasteiger partial charge in [0.2, 0.25) is 0 Å². The van der Waals surface area contributed by atoms with E-state index in [1.807, 2.05) is 0 Å². The molecular weight excluding hydrogens is 192 g/mol. The van der Waals surface area contributed by atoms with Crippen molar-refractivity contribution >= 4 is 10.2 Å². The van der Waals surface area contributed by atoms with Crippen LogP contribution in [0.25, 0.3) is 0 Å². The molecule has 2 nitrogen and oxygen atoms in total. The maximum absolute atomic E-state index is 5.99. The Morgan fingerprint density at radius 3 is 2.64 bits per heavy atom. The average molecular weight is 216 g/mol. The van der Waals surface area contributed by atoms with Gasteiger partial charge in [-0.1, -0.05) is 12.8 Å². The molecule has 0 heterocycles. The van der Waals surface area contributed by atoms with Gasteiger partial charge in [-0.2, -0.15) is 0 Å². The third kappa shape index (κ3) is 2.58. The lowest BCUT2D eigenvalue weighted by molar-refractivity contribution is -0.150. The summed E-state index contributed by atoms with van der Waals surface area (Å²) in [6.07, 6.45) is 5.37. The molecule has 84 valence electrons. The lowest BCUT2D eigenvalue weighted by atomic mass is 9.83. The van der Waals surface area contributed by atoms with Gasteiger partial charge < -0.3 is 9.47 Å². The summed E-state index contributed by atoms with van der Waals surface area (Å²) in [6, 6.07) is 1.21. The molecule has 0 saturated heterocycles. The first-order valence-electron chi connectivity index (χ1n) is 6.04. The lowest BCUT2D eigenvalue weighted by Crippen LogP contribution is -2.48. The van der Waals surface area contributed by atoms with Crippen LogP contribution in [-0.2, 0) is 9.47 Å². The van der Waals surface area contributed by atoms with Gasteiger partial charge in [0.15, 0.2) is 0 Å². The maximum atomic E-state index is 5.99. The molecule has 0 aliphatic heterocycles. The van der Waals surface area contributed by atoms with Crippen molar-refractivity contribution in [3.05, 3.63) is 0 Å². The highest BCUT2D eigenvalue weighted by molar-refractivity contribution is 6.09. The second-order valence-corrected chi connectivity index (χ2v) is 4.75. The molecule has 1 fully saturated rings. The standard InChI is InChI=1S/C11H24O2Si/c1-3-12-10-7-5-6-8-11(10,9-14)13-4-2/h10H,3-9H2,1-2,14H3. The van der Waals surface area contributed by atoms with E-state index in [1.54, 1.807) is 0 Å². The van der Waals surface area contributed by atoms with E-state index in [0.717, 1.165) is 13.2 Å². The van der Waals surface area contributed by atoms with Crippen LogP contribution >= 0.6 is 0 Å². The molecule has 0 aromatic heterocycles. The van der Waals surface area contributed by atoms with E-state index < -0.39 is 0 Å². The molecule has 0 N–H and O–H groups in total. The lowest BCUT2D eigenvalue weighted by Gasteiger charge is -2.43. The van der Waals surface area contributed by atoms with Gasteiger partial charge in [-0.05, 0) is 32.7 Å². The third-order valence-corrected chi connectivity index (χ3v) is 4.50. The molecule has 1 aliphatic carbocycles. The van der Waals surface area contributed by atoms with Gasteiger partial charge in [-0.25, -0.2) is 0 Å². The molecule has 0 amide bonds. The minimum absolute atomic E-state index is 0.0786. The second-order valence-electron chi connectivity index (χ2n) is 4.04. The fraction of sp³-hybridized carbons (Fsp3) is 1.00. The van der Waals surface area contributed by atoms with Crippen molar-refractivity contribution in [2.45, 2.75) is 57.3 Å².